The number of carbonyl (C=O) groups excluding carboxylic acids is 5. The Hall–Kier alpha value is -4.02. The Morgan fingerprint density at radius 2 is 1.65 bits per heavy atom. The van der Waals surface area contributed by atoms with Gasteiger partial charge in [0.2, 0.25) is 24.0 Å². The number of carbonyl (C=O) groups is 6. The number of hydrogen-bond acceptors (Lipinski definition) is 15. The molecule has 19 nitrogen and oxygen atoms in total. The van der Waals surface area contributed by atoms with E-state index in [1.165, 1.54) is 11.0 Å². The first-order valence-electron chi connectivity index (χ1n) is 22.8. The molecule has 1 aromatic carbocycles. The van der Waals surface area contributed by atoms with Gasteiger partial charge in [-0.05, 0) is 70.5 Å². The molecule has 0 aromatic heterocycles. The van der Waals surface area contributed by atoms with Gasteiger partial charge >= 0.3 is 12.1 Å². The molecule has 0 saturated carbocycles. The average Bonchev–Trinajstić information content (AvgIpc) is 3.46. The summed E-state index contributed by atoms with van der Waals surface area (Å²) in [6.45, 7) is 16.5. The minimum atomic E-state index is -1.87. The van der Waals surface area contributed by atoms with Crippen LogP contribution in [-0.4, -0.2) is 160 Å². The van der Waals surface area contributed by atoms with Crippen LogP contribution in [0.5, 0.6) is 5.75 Å². The van der Waals surface area contributed by atoms with E-state index in [1.54, 1.807) is 17.0 Å². The molecule has 66 heavy (non-hydrogen) atoms. The second-order valence-corrected chi connectivity index (χ2v) is 19.3. The highest BCUT2D eigenvalue weighted by molar-refractivity contribution is 8.13. The Morgan fingerprint density at radius 1 is 1.00 bits per heavy atom. The highest BCUT2D eigenvalue weighted by atomic mass is 32.2. The summed E-state index contributed by atoms with van der Waals surface area (Å²) in [5.41, 5.74) is 11.1. The minimum absolute atomic E-state index is 0.0133. The summed E-state index contributed by atoms with van der Waals surface area (Å²) in [5, 5.41) is 42.2. The predicted octanol–water partition coefficient (Wildman–Crippen LogP) is 2.92. The van der Waals surface area contributed by atoms with E-state index < -0.39 is 48.2 Å². The van der Waals surface area contributed by atoms with Crippen molar-refractivity contribution in [3.63, 3.8) is 0 Å². The number of benzene rings is 1. The number of carboxylic acid groups (broad SMARTS) is 1. The Kier molecular flexibility index (Phi) is 28.3. The van der Waals surface area contributed by atoms with Gasteiger partial charge in [-0.1, -0.05) is 52.5 Å². The van der Waals surface area contributed by atoms with Gasteiger partial charge < -0.3 is 61.1 Å². The van der Waals surface area contributed by atoms with Crippen LogP contribution < -0.4 is 21.5 Å². The molecule has 378 valence electrons. The zero-order valence-electron chi connectivity index (χ0n) is 40.3. The fraction of sp³-hybridized carbons (Fsp3) is 0.717. The number of rotatable bonds is 25. The number of aliphatic hydroxyl groups excluding tert-OH is 3. The zero-order chi connectivity index (χ0) is 50.1. The zero-order valence-corrected chi connectivity index (χ0v) is 41.1. The number of aliphatic hydroxyl groups is 3. The molecule has 2 fully saturated rings. The summed E-state index contributed by atoms with van der Waals surface area (Å²) in [7, 11) is -0.0691. The Balaban J connectivity index is 0.000000639. The summed E-state index contributed by atoms with van der Waals surface area (Å²) in [5.74, 6) is 3.39. The molecule has 2 saturated heterocycles. The second kappa shape index (κ2) is 31.1. The third kappa shape index (κ3) is 21.3. The van der Waals surface area contributed by atoms with Crippen LogP contribution in [0.4, 0.5) is 4.79 Å². The Morgan fingerprint density at radius 3 is 2.20 bits per heavy atom. The monoisotopic (exact) mass is 958 g/mol. The number of nitrogens with zero attached hydrogens (tertiary/aromatic N) is 2. The highest BCUT2D eigenvalue weighted by Crippen LogP contribution is 2.32. The molecule has 1 aromatic rings. The van der Waals surface area contributed by atoms with Crippen molar-refractivity contribution in [3.8, 4) is 5.75 Å². The summed E-state index contributed by atoms with van der Waals surface area (Å²) < 4.78 is 21.8. The van der Waals surface area contributed by atoms with E-state index in [9.17, 15) is 49.2 Å². The molecule has 4 amide bonds. The smallest absolute Gasteiger partial charge is 0.410 e. The number of ether oxygens (including phenoxy) is 4. The summed E-state index contributed by atoms with van der Waals surface area (Å²) >= 11 is 0. The third-order valence-corrected chi connectivity index (χ3v) is 11.6. The van der Waals surface area contributed by atoms with Crippen LogP contribution in [0.25, 0.3) is 0 Å². The molecule has 2 aliphatic heterocycles. The van der Waals surface area contributed by atoms with E-state index in [0.29, 0.717) is 62.0 Å². The lowest BCUT2D eigenvalue weighted by atomic mass is 9.92. The van der Waals surface area contributed by atoms with Crippen LogP contribution >= 0.6 is 10.5 Å². The van der Waals surface area contributed by atoms with Gasteiger partial charge in [-0.25, -0.2) is 9.59 Å². The Bertz CT molecular complexity index is 1710. The number of imide groups is 1. The molecule has 0 bridgehead atoms. The lowest BCUT2D eigenvalue weighted by Gasteiger charge is -2.38. The minimum Gasteiger partial charge on any atom is -0.479 e. The van der Waals surface area contributed by atoms with Crippen molar-refractivity contribution in [1.29, 1.82) is 0 Å². The van der Waals surface area contributed by atoms with Crippen molar-refractivity contribution in [1.82, 2.24) is 15.1 Å². The van der Waals surface area contributed by atoms with Gasteiger partial charge in [0.05, 0.1) is 11.5 Å². The lowest BCUT2D eigenvalue weighted by molar-refractivity contribution is -0.271. The van der Waals surface area contributed by atoms with E-state index in [2.05, 4.69) is 11.2 Å². The van der Waals surface area contributed by atoms with Crippen LogP contribution in [0.3, 0.4) is 0 Å². The molecule has 0 aliphatic carbocycles. The molecular weight excluding hydrogens is 879 g/mol. The highest BCUT2D eigenvalue weighted by Gasteiger charge is 2.48. The molecule has 20 heteroatoms. The van der Waals surface area contributed by atoms with Gasteiger partial charge in [-0.15, -0.1) is 0 Å². The van der Waals surface area contributed by atoms with Crippen molar-refractivity contribution < 1.29 is 68.1 Å². The fourth-order valence-electron chi connectivity index (χ4n) is 6.46. The van der Waals surface area contributed by atoms with Gasteiger partial charge in [0, 0.05) is 75.8 Å². The number of ketones is 1. The van der Waals surface area contributed by atoms with E-state index in [1.807, 2.05) is 54.7 Å². The maximum absolute atomic E-state index is 12.5. The van der Waals surface area contributed by atoms with Gasteiger partial charge in [0.1, 0.15) is 36.5 Å². The van der Waals surface area contributed by atoms with Crippen LogP contribution in [0.15, 0.2) is 18.2 Å². The Labute approximate surface area is 393 Å². The van der Waals surface area contributed by atoms with Crippen molar-refractivity contribution in [2.24, 2.45) is 22.8 Å². The molecule has 2 aliphatic rings. The van der Waals surface area contributed by atoms with Crippen molar-refractivity contribution in [2.75, 3.05) is 51.3 Å². The number of nitrogens with one attached hydrogen (secondary N) is 1. The van der Waals surface area contributed by atoms with Gasteiger partial charge in [-0.3, -0.25) is 24.1 Å². The summed E-state index contributed by atoms with van der Waals surface area (Å²) in [6, 6.07) is 4.66. The fourth-order valence-corrected chi connectivity index (χ4v) is 6.99. The third-order valence-electron chi connectivity index (χ3n) is 10.7. The van der Waals surface area contributed by atoms with Crippen LogP contribution in [-0.2, 0) is 51.3 Å². The first-order valence-corrected chi connectivity index (χ1v) is 24.7. The maximum Gasteiger partial charge on any atom is 0.410 e. The number of aliphatic carboxylic acids is 1. The molecule has 0 spiro atoms. The van der Waals surface area contributed by atoms with E-state index >= 15 is 0 Å². The first kappa shape index (κ1) is 60.0. The number of unbranched alkanes of at least 4 members (excludes halogenated alkanes) is 3. The van der Waals surface area contributed by atoms with Gasteiger partial charge in [0.15, 0.2) is 6.10 Å². The first-order chi connectivity index (χ1) is 31.0. The number of hydrogen-bond donors (Lipinski definition) is 7. The molecule has 7 atom stereocenters. The quantitative estimate of drug-likeness (QED) is 0.0421. The summed E-state index contributed by atoms with van der Waals surface area (Å²) in [6.07, 6.45) is -1.16. The molecule has 2 heterocycles. The van der Waals surface area contributed by atoms with Crippen LogP contribution in [0.1, 0.15) is 111 Å². The number of nitrogens with two attached hydrogens (primary N) is 2. The van der Waals surface area contributed by atoms with Crippen molar-refractivity contribution in [2.45, 2.75) is 150 Å². The lowest BCUT2D eigenvalue weighted by Crippen LogP contribution is -2.61. The topological polar surface area (TPSA) is 291 Å². The van der Waals surface area contributed by atoms with E-state index in [4.69, 9.17) is 30.4 Å². The normalized spacial score (nSPS) is 20.9. The summed E-state index contributed by atoms with van der Waals surface area (Å²) in [4.78, 5) is 73.5. The number of carboxylic acids is 1. The van der Waals surface area contributed by atoms with E-state index in [-0.39, 0.29) is 66.0 Å². The maximum atomic E-state index is 12.5. The van der Waals surface area contributed by atoms with Gasteiger partial charge in [-0.2, -0.15) is 10.5 Å². The molecule has 3 rings (SSSR count). The van der Waals surface area contributed by atoms with Crippen LogP contribution in [0, 0.1) is 11.3 Å². The largest absolute Gasteiger partial charge is 0.479 e. The number of likely N-dealkylation sites (tertiary alicyclic amines) is 1. The second-order valence-electron chi connectivity index (χ2n) is 17.3. The van der Waals surface area contributed by atoms with Crippen LogP contribution in [0.2, 0.25) is 0 Å². The molecule has 7 unspecified atom stereocenters. The van der Waals surface area contributed by atoms with Crippen molar-refractivity contribution in [3.05, 3.63) is 29.3 Å². The van der Waals surface area contributed by atoms with Crippen molar-refractivity contribution >= 4 is 51.9 Å². The number of Topliss-reactive ketones (excluding diaryl/α,β-unsaturated/α-hetero) is 1. The van der Waals surface area contributed by atoms with E-state index in [0.717, 1.165) is 44.5 Å². The molecule has 0 radical (unpaired) electrons. The number of amides is 4. The molecule has 9 N–H and O–H groups in total. The molecular formula is C46H79N5O14S. The SMILES string of the molecule is C=S(C)CCN(CC)C(=O)OCc1ccc(OC2OC(C(=O)O)C(O)C(O)C2O)c(CNC(=O)CCN)c1.CC(C)OCCCCCCN1C(=O)CC(C)(C)C1=O.CCC(C)C(=O)CCN. The average molecular weight is 958 g/mol. The standard InChI is InChI=1S/C24H37N3O10S.C15H27NO3.C7H15NO/c1-4-27(9-10-38(2)3)24(34)35-13-14-5-6-16(15(11-14)12-26-17(28)7-8-25)36-23-20(31)18(29)19(30)21(37-23)22(32)33;1-12(2)19-10-8-6-5-7-9-16-13(17)11-15(3,4)14(16)18;1-3-6(2)7(9)4-5-8/h5-6,11,18-21,23,29-31H,2,4,7-10,12-13,25H2,1,3H3,(H,26,28)(H,32,33);12H,5-11H2,1-4H3;6H,3-5,8H2,1-2H3. The van der Waals surface area contributed by atoms with Gasteiger partial charge in [0.25, 0.3) is 0 Å². The predicted molar refractivity (Wildman–Crippen MR) is 253 cm³/mol.